The van der Waals surface area contributed by atoms with E-state index < -0.39 is 11.7 Å². The van der Waals surface area contributed by atoms with Crippen LogP contribution in [-0.4, -0.2) is 29.1 Å². The third-order valence-electron chi connectivity index (χ3n) is 10.2. The van der Waals surface area contributed by atoms with Gasteiger partial charge in [0.25, 0.3) is 0 Å². The summed E-state index contributed by atoms with van der Waals surface area (Å²) in [4.78, 5) is 17.9. The molecule has 10 rings (SSSR count). The zero-order valence-electron chi connectivity index (χ0n) is 29.3. The summed E-state index contributed by atoms with van der Waals surface area (Å²) in [7, 11) is 0. The first-order chi connectivity index (χ1) is 27.4. The average Bonchev–Trinajstić information content (AvgIpc) is 3.75. The standard InChI is InChI=1S/C46H26F3N7/c47-46(48,49)31-9-5-8-28(24-31)32-18-19-40(55-38-12-3-1-10-33(38)35-16-14-29(25-41(35)55)44-51-20-6-21-52-44)37(27-50)43(32)56-39-13-4-2-11-34(39)36-17-15-30(26-42(36)56)45-53-22-7-23-54-45/h1-26H. The van der Waals surface area contributed by atoms with E-state index >= 15 is 0 Å². The third kappa shape index (κ3) is 5.21. The first-order valence-corrected chi connectivity index (χ1v) is 17.8. The van der Waals surface area contributed by atoms with Crippen LogP contribution >= 0.6 is 0 Å². The lowest BCUT2D eigenvalue weighted by Gasteiger charge is -2.20. The van der Waals surface area contributed by atoms with E-state index in [0.29, 0.717) is 34.2 Å². The Labute approximate surface area is 317 Å². The number of nitrogens with zero attached hydrogens (tertiary/aromatic N) is 7. The van der Waals surface area contributed by atoms with Gasteiger partial charge in [-0.25, -0.2) is 19.9 Å². The van der Waals surface area contributed by atoms with Gasteiger partial charge in [0.2, 0.25) is 0 Å². The van der Waals surface area contributed by atoms with E-state index in [1.54, 1.807) is 43.0 Å². The van der Waals surface area contributed by atoms with Crippen molar-refractivity contribution in [2.45, 2.75) is 6.18 Å². The molecule has 0 bridgehead atoms. The minimum Gasteiger partial charge on any atom is -0.308 e. The van der Waals surface area contributed by atoms with E-state index in [9.17, 15) is 18.4 Å². The van der Waals surface area contributed by atoms with Crippen LogP contribution in [-0.2, 0) is 6.18 Å². The Bertz CT molecular complexity index is 3200. The maximum Gasteiger partial charge on any atom is 0.416 e. The van der Waals surface area contributed by atoms with Crippen LogP contribution in [0.2, 0.25) is 0 Å². The van der Waals surface area contributed by atoms with Gasteiger partial charge in [0.05, 0.1) is 39.0 Å². The SMILES string of the molecule is N#Cc1c(-n2c3ccccc3c3ccc(-c4ncccn4)cc32)ccc(-c2cccc(C(F)(F)F)c2)c1-n1c2ccccc2c2ccc(-c3ncccn3)cc21. The molecule has 0 fully saturated rings. The highest BCUT2D eigenvalue weighted by Gasteiger charge is 2.31. The first-order valence-electron chi connectivity index (χ1n) is 17.8. The van der Waals surface area contributed by atoms with Gasteiger partial charge in [-0.1, -0.05) is 78.9 Å². The molecule has 0 aliphatic heterocycles. The van der Waals surface area contributed by atoms with Crippen LogP contribution in [0.4, 0.5) is 13.2 Å². The molecule has 0 N–H and O–H groups in total. The van der Waals surface area contributed by atoms with Gasteiger partial charge in [-0.3, -0.25) is 0 Å². The Morgan fingerprint density at radius 1 is 0.482 bits per heavy atom. The molecule has 0 unspecified atom stereocenters. The Hall–Kier alpha value is -7.64. The van der Waals surface area contributed by atoms with Gasteiger partial charge in [0.1, 0.15) is 11.6 Å². The monoisotopic (exact) mass is 733 g/mol. The summed E-state index contributed by atoms with van der Waals surface area (Å²) in [5.74, 6) is 1.07. The van der Waals surface area contributed by atoms with Crippen molar-refractivity contribution < 1.29 is 13.2 Å². The second-order valence-electron chi connectivity index (χ2n) is 13.4. The second-order valence-corrected chi connectivity index (χ2v) is 13.4. The number of rotatable bonds is 5. The molecule has 0 radical (unpaired) electrons. The zero-order valence-corrected chi connectivity index (χ0v) is 29.3. The fourth-order valence-corrected chi connectivity index (χ4v) is 7.82. The molecule has 266 valence electrons. The molecule has 0 saturated heterocycles. The van der Waals surface area contributed by atoms with Crippen molar-refractivity contribution in [2.24, 2.45) is 0 Å². The number of benzene rings is 6. The van der Waals surface area contributed by atoms with Gasteiger partial charge in [-0.05, 0) is 60.2 Å². The van der Waals surface area contributed by atoms with Crippen LogP contribution in [0.5, 0.6) is 0 Å². The number of fused-ring (bicyclic) bond motifs is 6. The van der Waals surface area contributed by atoms with Gasteiger partial charge >= 0.3 is 6.18 Å². The fourth-order valence-electron chi connectivity index (χ4n) is 7.82. The maximum absolute atomic E-state index is 14.2. The van der Waals surface area contributed by atoms with E-state index in [2.05, 4.69) is 26.0 Å². The highest BCUT2D eigenvalue weighted by Crippen LogP contribution is 2.43. The molecule has 0 spiro atoms. The lowest BCUT2D eigenvalue weighted by molar-refractivity contribution is -0.137. The Morgan fingerprint density at radius 3 is 1.59 bits per heavy atom. The Kier molecular flexibility index (Phi) is 7.50. The van der Waals surface area contributed by atoms with Crippen LogP contribution in [0, 0.1) is 11.3 Å². The molecular formula is C46H26F3N7. The molecule has 10 aromatic rings. The summed E-state index contributed by atoms with van der Waals surface area (Å²) in [5, 5.41) is 15.1. The van der Waals surface area contributed by atoms with Crippen LogP contribution in [0.1, 0.15) is 11.1 Å². The van der Waals surface area contributed by atoms with Crippen molar-refractivity contribution in [3.63, 3.8) is 0 Å². The average molecular weight is 734 g/mol. The highest BCUT2D eigenvalue weighted by atomic mass is 19.4. The number of alkyl halides is 3. The lowest BCUT2D eigenvalue weighted by atomic mass is 9.96. The van der Waals surface area contributed by atoms with Crippen molar-refractivity contribution in [1.29, 1.82) is 5.26 Å². The molecule has 0 aliphatic rings. The molecule has 0 atom stereocenters. The van der Waals surface area contributed by atoms with E-state index in [4.69, 9.17) is 0 Å². The smallest absolute Gasteiger partial charge is 0.308 e. The van der Waals surface area contributed by atoms with E-state index in [-0.39, 0.29) is 5.56 Å². The van der Waals surface area contributed by atoms with Gasteiger partial charge in [0.15, 0.2) is 11.6 Å². The maximum atomic E-state index is 14.2. The largest absolute Gasteiger partial charge is 0.416 e. The summed E-state index contributed by atoms with van der Waals surface area (Å²) in [5.41, 5.74) is 5.99. The molecule has 10 heteroatoms. The van der Waals surface area contributed by atoms with Gasteiger partial charge in [-0.15, -0.1) is 0 Å². The van der Waals surface area contributed by atoms with Crippen LogP contribution in [0.15, 0.2) is 158 Å². The third-order valence-corrected chi connectivity index (χ3v) is 10.2. The second kappa shape index (κ2) is 12.7. The minimum absolute atomic E-state index is 0.271. The molecule has 7 nitrogen and oxygen atoms in total. The van der Waals surface area contributed by atoms with Gasteiger partial charge in [-0.2, -0.15) is 18.4 Å². The molecule has 0 aliphatic carbocycles. The van der Waals surface area contributed by atoms with Gasteiger partial charge in [0, 0.05) is 63.0 Å². The summed E-state index contributed by atoms with van der Waals surface area (Å²) in [6, 6.07) is 42.7. The molecule has 4 aromatic heterocycles. The molecule has 6 aromatic carbocycles. The summed E-state index contributed by atoms with van der Waals surface area (Å²) < 4.78 is 46.8. The summed E-state index contributed by atoms with van der Waals surface area (Å²) in [6.45, 7) is 0. The number of nitriles is 1. The Balaban J connectivity index is 1.35. The van der Waals surface area contributed by atoms with Crippen LogP contribution in [0.25, 0.3) is 88.9 Å². The lowest BCUT2D eigenvalue weighted by Crippen LogP contribution is -2.08. The molecule has 0 amide bonds. The summed E-state index contributed by atoms with van der Waals surface area (Å²) >= 11 is 0. The van der Waals surface area contributed by atoms with Gasteiger partial charge < -0.3 is 9.13 Å². The minimum atomic E-state index is -4.57. The molecule has 0 saturated carbocycles. The van der Waals surface area contributed by atoms with Crippen molar-refractivity contribution in [2.75, 3.05) is 0 Å². The van der Waals surface area contributed by atoms with E-state index in [1.165, 1.54) is 6.07 Å². The van der Waals surface area contributed by atoms with E-state index in [1.807, 2.05) is 106 Å². The van der Waals surface area contributed by atoms with Crippen molar-refractivity contribution >= 4 is 43.6 Å². The topological polar surface area (TPSA) is 85.2 Å². The summed E-state index contributed by atoms with van der Waals surface area (Å²) in [6.07, 6.45) is 2.15. The quantitative estimate of drug-likeness (QED) is 0.176. The van der Waals surface area contributed by atoms with Crippen molar-refractivity contribution in [3.05, 3.63) is 169 Å². The highest BCUT2D eigenvalue weighted by molar-refractivity contribution is 6.12. The van der Waals surface area contributed by atoms with E-state index in [0.717, 1.165) is 66.9 Å². The fraction of sp³-hybridized carbons (Fsp3) is 0.0217. The van der Waals surface area contributed by atoms with Crippen molar-refractivity contribution in [1.82, 2.24) is 29.1 Å². The van der Waals surface area contributed by atoms with Crippen LogP contribution in [0.3, 0.4) is 0 Å². The number of hydrogen-bond acceptors (Lipinski definition) is 5. The Morgan fingerprint density at radius 2 is 1.02 bits per heavy atom. The molecule has 4 heterocycles. The number of para-hydroxylation sites is 2. The number of halogens is 3. The predicted molar refractivity (Wildman–Crippen MR) is 212 cm³/mol. The number of hydrogen-bond donors (Lipinski definition) is 0. The zero-order chi connectivity index (χ0) is 38.0. The predicted octanol–water partition coefficient (Wildman–Crippen LogP) is 11.4. The van der Waals surface area contributed by atoms with Crippen molar-refractivity contribution in [3.8, 4) is 51.3 Å². The van der Waals surface area contributed by atoms with Crippen LogP contribution < -0.4 is 0 Å². The normalized spacial score (nSPS) is 11.8. The number of aromatic nitrogens is 6. The molecule has 56 heavy (non-hydrogen) atoms. The molecular weight excluding hydrogens is 708 g/mol. The first kappa shape index (κ1) is 33.0.